The molecule has 0 aliphatic carbocycles. The number of aromatic hydroxyl groups is 1. The lowest BCUT2D eigenvalue weighted by molar-refractivity contribution is -0.586. The van der Waals surface area contributed by atoms with Gasteiger partial charge in [-0.2, -0.15) is 4.79 Å². The number of aromatic nitrogens is 1. The molecule has 0 aliphatic rings. The number of halogens is 1. The van der Waals surface area contributed by atoms with Gasteiger partial charge in [0.15, 0.2) is 12.4 Å². The SMILES string of the molecule is CC(C)(C)OC(=O)[n+]1ccc2c(Cl)c(O)ccc2c1. The van der Waals surface area contributed by atoms with Crippen LogP contribution in [0.1, 0.15) is 20.8 Å². The third-order valence-corrected chi connectivity index (χ3v) is 2.87. The van der Waals surface area contributed by atoms with Crippen molar-refractivity contribution in [2.45, 2.75) is 26.4 Å². The summed E-state index contributed by atoms with van der Waals surface area (Å²) in [5.41, 5.74) is -0.550. The van der Waals surface area contributed by atoms with Crippen molar-refractivity contribution >= 4 is 28.5 Å². The average molecular weight is 281 g/mol. The molecule has 0 unspecified atom stereocenters. The van der Waals surface area contributed by atoms with E-state index in [0.29, 0.717) is 5.39 Å². The van der Waals surface area contributed by atoms with Crippen LogP contribution in [0, 0.1) is 0 Å². The minimum atomic E-state index is -0.550. The van der Waals surface area contributed by atoms with E-state index in [4.69, 9.17) is 16.3 Å². The lowest BCUT2D eigenvalue weighted by atomic mass is 10.1. The Balaban J connectivity index is 2.43. The van der Waals surface area contributed by atoms with Crippen LogP contribution in [0.5, 0.6) is 5.75 Å². The topological polar surface area (TPSA) is 50.4 Å². The van der Waals surface area contributed by atoms with Gasteiger partial charge in [0.2, 0.25) is 0 Å². The smallest absolute Gasteiger partial charge is 0.506 e. The number of fused-ring (bicyclic) bond motifs is 1. The van der Waals surface area contributed by atoms with Gasteiger partial charge < -0.3 is 9.84 Å². The van der Waals surface area contributed by atoms with E-state index in [1.54, 1.807) is 45.3 Å². The Morgan fingerprint density at radius 1 is 1.32 bits per heavy atom. The van der Waals surface area contributed by atoms with E-state index in [1.165, 1.54) is 10.6 Å². The summed E-state index contributed by atoms with van der Waals surface area (Å²) in [6, 6.07) is 4.85. The Kier molecular flexibility index (Phi) is 3.37. The fourth-order valence-corrected chi connectivity index (χ4v) is 1.89. The number of nitrogens with zero attached hydrogens (tertiary/aromatic N) is 1. The van der Waals surface area contributed by atoms with Crippen LogP contribution in [0.2, 0.25) is 5.02 Å². The summed E-state index contributed by atoms with van der Waals surface area (Å²) in [6.45, 7) is 5.42. The average Bonchev–Trinajstić information content (AvgIpc) is 2.31. The van der Waals surface area contributed by atoms with Crippen molar-refractivity contribution in [3.63, 3.8) is 0 Å². The minimum absolute atomic E-state index is 0.0178. The summed E-state index contributed by atoms with van der Waals surface area (Å²) < 4.78 is 6.62. The van der Waals surface area contributed by atoms with Crippen molar-refractivity contribution in [2.75, 3.05) is 0 Å². The van der Waals surface area contributed by atoms with E-state index in [0.717, 1.165) is 5.39 Å². The van der Waals surface area contributed by atoms with Crippen LogP contribution >= 0.6 is 11.6 Å². The van der Waals surface area contributed by atoms with Gasteiger partial charge in [0.25, 0.3) is 0 Å². The van der Waals surface area contributed by atoms with Crippen molar-refractivity contribution in [2.24, 2.45) is 0 Å². The molecule has 19 heavy (non-hydrogen) atoms. The van der Waals surface area contributed by atoms with E-state index in [-0.39, 0.29) is 10.8 Å². The first kappa shape index (κ1) is 13.6. The number of rotatable bonds is 0. The molecule has 0 saturated heterocycles. The molecule has 4 nitrogen and oxygen atoms in total. The Morgan fingerprint density at radius 3 is 2.63 bits per heavy atom. The van der Waals surface area contributed by atoms with Gasteiger partial charge in [0, 0.05) is 16.8 Å². The van der Waals surface area contributed by atoms with E-state index < -0.39 is 11.7 Å². The first-order valence-electron chi connectivity index (χ1n) is 5.84. The molecule has 0 amide bonds. The number of benzene rings is 1. The minimum Gasteiger partial charge on any atom is -0.506 e. The number of carbonyl (C=O) groups excluding carboxylic acids is 1. The van der Waals surface area contributed by atoms with E-state index >= 15 is 0 Å². The fourth-order valence-electron chi connectivity index (χ4n) is 1.65. The molecule has 0 radical (unpaired) electrons. The van der Waals surface area contributed by atoms with Crippen LogP contribution in [0.3, 0.4) is 0 Å². The van der Waals surface area contributed by atoms with Gasteiger partial charge in [-0.1, -0.05) is 16.2 Å². The quantitative estimate of drug-likeness (QED) is 0.754. The number of pyridine rings is 1. The Morgan fingerprint density at radius 2 is 2.00 bits per heavy atom. The normalized spacial score (nSPS) is 11.6. The number of hydrogen-bond acceptors (Lipinski definition) is 3. The summed E-state index contributed by atoms with van der Waals surface area (Å²) in [7, 11) is 0. The lowest BCUT2D eigenvalue weighted by Gasteiger charge is -2.15. The van der Waals surface area contributed by atoms with Gasteiger partial charge in [-0.15, -0.1) is 0 Å². The van der Waals surface area contributed by atoms with Crippen LogP contribution < -0.4 is 4.57 Å². The van der Waals surface area contributed by atoms with Gasteiger partial charge in [0.1, 0.15) is 11.4 Å². The summed E-state index contributed by atoms with van der Waals surface area (Å²) in [6.07, 6.45) is 2.72. The maximum atomic E-state index is 11.9. The van der Waals surface area contributed by atoms with Crippen LogP contribution in [-0.2, 0) is 4.74 Å². The first-order chi connectivity index (χ1) is 8.78. The van der Waals surface area contributed by atoms with Gasteiger partial charge in [-0.3, -0.25) is 0 Å². The van der Waals surface area contributed by atoms with E-state index in [9.17, 15) is 9.90 Å². The zero-order valence-corrected chi connectivity index (χ0v) is 11.7. The van der Waals surface area contributed by atoms with Gasteiger partial charge in [-0.25, -0.2) is 0 Å². The van der Waals surface area contributed by atoms with Crippen LogP contribution in [0.25, 0.3) is 10.8 Å². The maximum absolute atomic E-state index is 11.9. The highest BCUT2D eigenvalue weighted by atomic mass is 35.5. The summed E-state index contributed by atoms with van der Waals surface area (Å²) >= 11 is 5.99. The summed E-state index contributed by atoms with van der Waals surface area (Å²) in [5, 5.41) is 11.2. The fraction of sp³-hybridized carbons (Fsp3) is 0.286. The molecule has 2 rings (SSSR count). The molecule has 100 valence electrons. The molecule has 5 heteroatoms. The molecule has 0 saturated carbocycles. The van der Waals surface area contributed by atoms with E-state index in [2.05, 4.69) is 0 Å². The van der Waals surface area contributed by atoms with Crippen LogP contribution in [0.4, 0.5) is 4.79 Å². The molecule has 1 aromatic heterocycles. The van der Waals surface area contributed by atoms with Crippen LogP contribution in [0.15, 0.2) is 30.6 Å². The van der Waals surface area contributed by atoms with Crippen molar-refractivity contribution < 1.29 is 19.2 Å². The predicted octanol–water partition coefficient (Wildman–Crippen LogP) is 3.27. The number of hydrogen-bond donors (Lipinski definition) is 1. The largest absolute Gasteiger partial charge is 0.602 e. The van der Waals surface area contributed by atoms with Crippen molar-refractivity contribution in [1.82, 2.24) is 0 Å². The second-order valence-corrected chi connectivity index (χ2v) is 5.61. The monoisotopic (exact) mass is 280 g/mol. The number of phenolic OH excluding ortho intramolecular Hbond substituents is 1. The third-order valence-electron chi connectivity index (χ3n) is 2.48. The standard InChI is InChI=1S/C14H14ClNO3/c1-14(2,3)19-13(18)16-7-6-10-9(8-16)4-5-11(17)12(10)15/h4-8H,1-3H3/p+1. The molecule has 1 N–H and O–H groups in total. The Bertz CT molecular complexity index is 647. The number of phenols is 1. The second-order valence-electron chi connectivity index (χ2n) is 5.23. The summed E-state index contributed by atoms with van der Waals surface area (Å²) in [4.78, 5) is 11.9. The Labute approximate surface area is 116 Å². The molecule has 1 heterocycles. The Hall–Kier alpha value is -1.81. The molecule has 0 bridgehead atoms. The summed E-state index contributed by atoms with van der Waals surface area (Å²) in [5.74, 6) is 0.0178. The lowest BCUT2D eigenvalue weighted by Crippen LogP contribution is -2.45. The third kappa shape index (κ3) is 2.96. The highest BCUT2D eigenvalue weighted by Crippen LogP contribution is 2.30. The molecule has 0 aliphatic heterocycles. The van der Waals surface area contributed by atoms with Gasteiger partial charge in [-0.05, 0) is 32.9 Å². The first-order valence-corrected chi connectivity index (χ1v) is 6.21. The predicted molar refractivity (Wildman–Crippen MR) is 72.4 cm³/mol. The zero-order chi connectivity index (χ0) is 14.2. The van der Waals surface area contributed by atoms with Crippen LogP contribution in [-0.4, -0.2) is 16.8 Å². The van der Waals surface area contributed by atoms with Crippen molar-refractivity contribution in [3.8, 4) is 5.75 Å². The highest BCUT2D eigenvalue weighted by Gasteiger charge is 2.24. The number of carbonyl (C=O) groups is 1. The maximum Gasteiger partial charge on any atom is 0.602 e. The molecule has 2 aromatic rings. The van der Waals surface area contributed by atoms with Crippen molar-refractivity contribution in [1.29, 1.82) is 0 Å². The molecule has 1 aromatic carbocycles. The number of ether oxygens (including phenoxy) is 1. The van der Waals surface area contributed by atoms with E-state index in [1.807, 2.05) is 0 Å². The molecular weight excluding hydrogens is 266 g/mol. The molecule has 0 fully saturated rings. The van der Waals surface area contributed by atoms with Gasteiger partial charge >= 0.3 is 6.09 Å². The zero-order valence-electron chi connectivity index (χ0n) is 11.0. The van der Waals surface area contributed by atoms with Crippen molar-refractivity contribution in [3.05, 3.63) is 35.6 Å². The second kappa shape index (κ2) is 4.70. The molecule has 0 spiro atoms. The van der Waals surface area contributed by atoms with Gasteiger partial charge in [0.05, 0.1) is 5.02 Å². The molecule has 0 atom stereocenters. The highest BCUT2D eigenvalue weighted by molar-refractivity contribution is 6.36. The molecular formula is C14H15ClNO3+.